The molecule has 3 aromatic rings. The smallest absolute Gasteiger partial charge is 0.318 e. The summed E-state index contributed by atoms with van der Waals surface area (Å²) < 4.78 is 55.0. The molecule has 0 N–H and O–H groups in total. The molecule has 3 nitrogen and oxygen atoms in total. The number of nitrogens with zero attached hydrogens (tertiary/aromatic N) is 2. The largest absolute Gasteiger partial charge is 0.416 e. The van der Waals surface area contributed by atoms with E-state index in [4.69, 9.17) is 12.2 Å². The quantitative estimate of drug-likeness (QED) is 0.240. The maximum atomic E-state index is 13.6. The number of aryl methyl sites for hydroxylation is 1. The monoisotopic (exact) mass is 476 g/mol. The van der Waals surface area contributed by atoms with Crippen molar-refractivity contribution in [2.24, 2.45) is 0 Å². The van der Waals surface area contributed by atoms with E-state index in [1.165, 1.54) is 29.2 Å². The average Bonchev–Trinajstić information content (AvgIpc) is 3.15. The van der Waals surface area contributed by atoms with E-state index in [1.54, 1.807) is 42.7 Å². The Labute approximate surface area is 191 Å². The molecule has 1 fully saturated rings. The first kappa shape index (κ1) is 22.3. The van der Waals surface area contributed by atoms with Crippen LogP contribution in [-0.2, 0) is 11.0 Å². The molecule has 0 atom stereocenters. The van der Waals surface area contributed by atoms with Gasteiger partial charge in [-0.1, -0.05) is 36.1 Å². The molecule has 0 bridgehead atoms. The van der Waals surface area contributed by atoms with Crippen LogP contribution in [0.5, 0.6) is 0 Å². The van der Waals surface area contributed by atoms with Crippen LogP contribution in [0.15, 0.2) is 59.5 Å². The van der Waals surface area contributed by atoms with E-state index in [0.29, 0.717) is 33.2 Å². The predicted octanol–water partition coefficient (Wildman–Crippen LogP) is 6.66. The van der Waals surface area contributed by atoms with Crippen LogP contribution in [0.3, 0.4) is 0 Å². The van der Waals surface area contributed by atoms with E-state index >= 15 is 0 Å². The van der Waals surface area contributed by atoms with Gasteiger partial charge in [0.25, 0.3) is 5.91 Å². The van der Waals surface area contributed by atoms with Gasteiger partial charge < -0.3 is 4.57 Å². The highest BCUT2D eigenvalue weighted by atomic mass is 32.2. The lowest BCUT2D eigenvalue weighted by atomic mass is 10.2. The topological polar surface area (TPSA) is 25.2 Å². The van der Waals surface area contributed by atoms with E-state index < -0.39 is 17.6 Å². The number of aromatic nitrogens is 1. The van der Waals surface area contributed by atoms with E-state index in [-0.39, 0.29) is 10.2 Å². The highest BCUT2D eigenvalue weighted by Gasteiger charge is 2.34. The number of amides is 1. The van der Waals surface area contributed by atoms with Crippen LogP contribution in [0, 0.1) is 19.7 Å². The third-order valence-electron chi connectivity index (χ3n) is 5.05. The van der Waals surface area contributed by atoms with Gasteiger partial charge in [0.2, 0.25) is 0 Å². The summed E-state index contributed by atoms with van der Waals surface area (Å²) in [4.78, 5) is 14.6. The molecule has 1 amide bonds. The lowest BCUT2D eigenvalue weighted by Gasteiger charge is -2.14. The number of carbonyl (C=O) groups excluding carboxylic acids is 1. The molecule has 0 radical (unpaired) electrons. The summed E-state index contributed by atoms with van der Waals surface area (Å²) >= 11 is 6.41. The van der Waals surface area contributed by atoms with E-state index in [9.17, 15) is 22.4 Å². The molecule has 2 heterocycles. The summed E-state index contributed by atoms with van der Waals surface area (Å²) in [5.41, 5.74) is 2.05. The molecule has 0 spiro atoms. The van der Waals surface area contributed by atoms with Gasteiger partial charge in [-0.05, 0) is 68.0 Å². The Bertz CT molecular complexity index is 1280. The number of alkyl halides is 3. The third-order valence-corrected chi connectivity index (χ3v) is 6.35. The molecular formula is C23H16F4N2OS2. The fourth-order valence-electron chi connectivity index (χ4n) is 3.60. The maximum Gasteiger partial charge on any atom is 0.416 e. The summed E-state index contributed by atoms with van der Waals surface area (Å²) in [5, 5.41) is 0. The van der Waals surface area contributed by atoms with Crippen molar-refractivity contribution in [1.82, 2.24) is 4.57 Å². The molecular weight excluding hydrogens is 460 g/mol. The predicted molar refractivity (Wildman–Crippen MR) is 122 cm³/mol. The molecule has 2 aromatic carbocycles. The van der Waals surface area contributed by atoms with Crippen molar-refractivity contribution in [2.75, 3.05) is 4.90 Å². The number of thioether (sulfide) groups is 1. The number of thiocarbonyl (C=S) groups is 1. The molecule has 1 aliphatic rings. The van der Waals surface area contributed by atoms with Gasteiger partial charge in [-0.15, -0.1) is 0 Å². The molecule has 0 unspecified atom stereocenters. The van der Waals surface area contributed by atoms with Gasteiger partial charge in [0, 0.05) is 17.1 Å². The van der Waals surface area contributed by atoms with Gasteiger partial charge in [0.1, 0.15) is 5.82 Å². The SMILES string of the molecule is Cc1cc(/C=C2/SC(=S)N(c3cccc(F)c3)C2=O)c(C)n1-c1cccc(C(F)(F)F)c1. The Morgan fingerprint density at radius 1 is 1.00 bits per heavy atom. The lowest BCUT2D eigenvalue weighted by Crippen LogP contribution is -2.27. The minimum absolute atomic E-state index is 0.276. The fraction of sp³-hybridized carbons (Fsp3) is 0.130. The van der Waals surface area contributed by atoms with Crippen LogP contribution in [0.25, 0.3) is 11.8 Å². The molecule has 32 heavy (non-hydrogen) atoms. The molecule has 0 aliphatic carbocycles. The van der Waals surface area contributed by atoms with Crippen LogP contribution >= 0.6 is 24.0 Å². The molecule has 4 rings (SSSR count). The third kappa shape index (κ3) is 4.10. The lowest BCUT2D eigenvalue weighted by molar-refractivity contribution is -0.137. The standard InChI is InChI=1S/C23H16F4N2OS2/c1-13-9-15(14(2)28(13)18-7-3-5-16(11-18)23(25,26)27)10-20-21(30)29(22(31)32-20)19-8-4-6-17(24)12-19/h3-12H,1-2H3/b20-10+. The number of carbonyl (C=O) groups is 1. The molecule has 0 saturated carbocycles. The number of benzene rings is 2. The summed E-state index contributed by atoms with van der Waals surface area (Å²) in [6.07, 6.45) is -2.79. The number of hydrogen-bond donors (Lipinski definition) is 0. The van der Waals surface area contributed by atoms with Crippen LogP contribution in [-0.4, -0.2) is 14.8 Å². The first-order chi connectivity index (χ1) is 15.1. The summed E-state index contributed by atoms with van der Waals surface area (Å²) in [5.74, 6) is -0.861. The van der Waals surface area contributed by atoms with Gasteiger partial charge in [-0.25, -0.2) is 4.39 Å². The average molecular weight is 477 g/mol. The molecule has 164 valence electrons. The Kier molecular flexibility index (Phi) is 5.72. The van der Waals surface area contributed by atoms with Gasteiger partial charge in [0.15, 0.2) is 4.32 Å². The molecule has 1 aromatic heterocycles. The zero-order valence-electron chi connectivity index (χ0n) is 16.9. The summed E-state index contributed by atoms with van der Waals surface area (Å²) in [6, 6.07) is 12.5. The van der Waals surface area contributed by atoms with Crippen LogP contribution < -0.4 is 4.90 Å². The zero-order chi connectivity index (χ0) is 23.2. The second-order valence-electron chi connectivity index (χ2n) is 7.21. The van der Waals surface area contributed by atoms with Crippen molar-refractivity contribution >= 4 is 46.0 Å². The molecule has 9 heteroatoms. The van der Waals surface area contributed by atoms with Crippen LogP contribution in [0.2, 0.25) is 0 Å². The van der Waals surface area contributed by atoms with E-state index in [1.807, 2.05) is 0 Å². The highest BCUT2D eigenvalue weighted by molar-refractivity contribution is 8.27. The number of rotatable bonds is 3. The van der Waals surface area contributed by atoms with E-state index in [0.717, 1.165) is 23.9 Å². The number of hydrogen-bond acceptors (Lipinski definition) is 3. The Hall–Kier alpha value is -2.91. The first-order valence-corrected chi connectivity index (χ1v) is 10.7. The minimum atomic E-state index is -4.45. The van der Waals surface area contributed by atoms with Crippen molar-refractivity contribution in [3.63, 3.8) is 0 Å². The van der Waals surface area contributed by atoms with Crippen molar-refractivity contribution in [2.45, 2.75) is 20.0 Å². The highest BCUT2D eigenvalue weighted by Crippen LogP contribution is 2.37. The van der Waals surface area contributed by atoms with Gasteiger partial charge in [0.05, 0.1) is 16.2 Å². The Morgan fingerprint density at radius 3 is 2.38 bits per heavy atom. The molecule has 1 saturated heterocycles. The number of halogens is 4. The van der Waals surface area contributed by atoms with Gasteiger partial charge >= 0.3 is 6.18 Å². The normalized spacial score (nSPS) is 15.8. The number of anilines is 1. The van der Waals surface area contributed by atoms with Crippen molar-refractivity contribution in [1.29, 1.82) is 0 Å². The first-order valence-electron chi connectivity index (χ1n) is 9.46. The minimum Gasteiger partial charge on any atom is -0.318 e. The Morgan fingerprint density at radius 2 is 1.69 bits per heavy atom. The van der Waals surface area contributed by atoms with Crippen LogP contribution in [0.1, 0.15) is 22.5 Å². The summed E-state index contributed by atoms with van der Waals surface area (Å²) in [6.45, 7) is 3.55. The molecule has 1 aliphatic heterocycles. The van der Waals surface area contributed by atoms with Gasteiger partial charge in [-0.2, -0.15) is 13.2 Å². The fourth-order valence-corrected chi connectivity index (χ4v) is 4.89. The summed E-state index contributed by atoms with van der Waals surface area (Å²) in [7, 11) is 0. The van der Waals surface area contributed by atoms with Crippen molar-refractivity contribution < 1.29 is 22.4 Å². The maximum absolute atomic E-state index is 13.6. The zero-order valence-corrected chi connectivity index (χ0v) is 18.5. The van der Waals surface area contributed by atoms with Crippen molar-refractivity contribution in [3.8, 4) is 5.69 Å². The second-order valence-corrected chi connectivity index (χ2v) is 8.88. The van der Waals surface area contributed by atoms with E-state index in [2.05, 4.69) is 0 Å². The van der Waals surface area contributed by atoms with Gasteiger partial charge in [-0.3, -0.25) is 9.69 Å². The van der Waals surface area contributed by atoms with Crippen molar-refractivity contribution in [3.05, 3.63) is 87.8 Å². The van der Waals surface area contributed by atoms with Crippen LogP contribution in [0.4, 0.5) is 23.2 Å². The Balaban J connectivity index is 1.71. The second kappa shape index (κ2) is 8.22.